The normalized spacial score (nSPS) is 14.0. The highest BCUT2D eigenvalue weighted by Crippen LogP contribution is 2.23. The molecule has 1 amide bonds. The van der Waals surface area contributed by atoms with Gasteiger partial charge in [-0.2, -0.15) is 0 Å². The molecule has 1 aliphatic rings. The van der Waals surface area contributed by atoms with Gasteiger partial charge in [0.2, 0.25) is 5.91 Å². The number of aromatic nitrogens is 2. The van der Waals surface area contributed by atoms with Crippen LogP contribution >= 0.6 is 0 Å². The summed E-state index contributed by atoms with van der Waals surface area (Å²) >= 11 is 0. The highest BCUT2D eigenvalue weighted by molar-refractivity contribution is 7.92. The molecule has 0 spiro atoms. The van der Waals surface area contributed by atoms with Crippen molar-refractivity contribution < 1.29 is 13.2 Å². The van der Waals surface area contributed by atoms with Gasteiger partial charge >= 0.3 is 0 Å². The van der Waals surface area contributed by atoms with Crippen molar-refractivity contribution in [2.75, 3.05) is 23.3 Å². The highest BCUT2D eigenvalue weighted by Gasteiger charge is 2.19. The van der Waals surface area contributed by atoms with Crippen LogP contribution in [-0.2, 0) is 21.1 Å². The van der Waals surface area contributed by atoms with E-state index in [0.717, 1.165) is 35.7 Å². The van der Waals surface area contributed by atoms with Crippen molar-refractivity contribution in [3.05, 3.63) is 66.2 Å². The molecule has 0 unspecified atom stereocenters. The summed E-state index contributed by atoms with van der Waals surface area (Å²) in [6.45, 7) is 5.36. The maximum absolute atomic E-state index is 12.4. The third-order valence-electron chi connectivity index (χ3n) is 5.78. The fourth-order valence-electron chi connectivity index (χ4n) is 3.78. The molecule has 0 aliphatic carbocycles. The molecule has 0 bridgehead atoms. The molecule has 2 aromatic carbocycles. The number of sulfone groups is 1. The fraction of sp³-hybridized carbons (Fsp3) is 0.320. The van der Waals surface area contributed by atoms with Crippen LogP contribution in [0.2, 0.25) is 0 Å². The van der Waals surface area contributed by atoms with Gasteiger partial charge in [-0.15, -0.1) is 10.2 Å². The van der Waals surface area contributed by atoms with Crippen molar-refractivity contribution in [1.82, 2.24) is 10.2 Å². The van der Waals surface area contributed by atoms with E-state index in [9.17, 15) is 13.2 Å². The van der Waals surface area contributed by atoms with Crippen LogP contribution in [-0.4, -0.2) is 42.9 Å². The molecule has 8 heteroatoms. The highest BCUT2D eigenvalue weighted by atomic mass is 32.2. The second-order valence-corrected chi connectivity index (χ2v) is 11.0. The summed E-state index contributed by atoms with van der Waals surface area (Å²) in [6.07, 6.45) is 2.55. The van der Waals surface area contributed by atoms with Crippen LogP contribution < -0.4 is 10.2 Å². The number of carbonyl (C=O) groups is 1. The number of carbonyl (C=O) groups excluding carboxylic acids is 1. The minimum atomic E-state index is -3.32. The number of nitrogens with zero attached hydrogens (tertiary/aromatic N) is 3. The van der Waals surface area contributed by atoms with Crippen LogP contribution in [0.4, 0.5) is 11.5 Å². The Bertz CT molecular complexity index is 1200. The van der Waals surface area contributed by atoms with Crippen molar-refractivity contribution in [1.29, 1.82) is 0 Å². The molecule has 1 aromatic heterocycles. The van der Waals surface area contributed by atoms with Crippen LogP contribution in [0.3, 0.4) is 0 Å². The van der Waals surface area contributed by atoms with Crippen molar-refractivity contribution in [2.24, 2.45) is 0 Å². The smallest absolute Gasteiger partial charge is 0.228 e. The Morgan fingerprint density at radius 3 is 2.18 bits per heavy atom. The lowest BCUT2D eigenvalue weighted by Gasteiger charge is -2.15. The van der Waals surface area contributed by atoms with Crippen molar-refractivity contribution in [3.8, 4) is 11.3 Å². The van der Waals surface area contributed by atoms with Gasteiger partial charge in [0.05, 0.1) is 22.3 Å². The van der Waals surface area contributed by atoms with E-state index in [1.165, 1.54) is 12.8 Å². The lowest BCUT2D eigenvalue weighted by molar-refractivity contribution is -0.115. The fourth-order valence-corrected chi connectivity index (χ4v) is 4.84. The van der Waals surface area contributed by atoms with Gasteiger partial charge < -0.3 is 10.2 Å². The number of anilines is 2. The molecule has 7 nitrogen and oxygen atoms in total. The van der Waals surface area contributed by atoms with Gasteiger partial charge in [-0.3, -0.25) is 4.79 Å². The molecular formula is C25H28N4O3S. The molecule has 0 radical (unpaired) electrons. The van der Waals surface area contributed by atoms with E-state index in [1.54, 1.807) is 38.1 Å². The number of benzene rings is 2. The Balaban J connectivity index is 1.35. The van der Waals surface area contributed by atoms with Gasteiger partial charge in [0.15, 0.2) is 15.7 Å². The molecule has 4 rings (SSSR count). The van der Waals surface area contributed by atoms with Gasteiger partial charge in [0, 0.05) is 24.3 Å². The zero-order valence-electron chi connectivity index (χ0n) is 18.9. The van der Waals surface area contributed by atoms with Crippen LogP contribution in [0.25, 0.3) is 11.3 Å². The molecular weight excluding hydrogens is 436 g/mol. The van der Waals surface area contributed by atoms with Crippen LogP contribution in [0, 0.1) is 0 Å². The average molecular weight is 465 g/mol. The van der Waals surface area contributed by atoms with E-state index in [4.69, 9.17) is 0 Å². The third kappa shape index (κ3) is 5.39. The lowest BCUT2D eigenvalue weighted by Crippen LogP contribution is -2.19. The molecule has 0 atom stereocenters. The van der Waals surface area contributed by atoms with Gasteiger partial charge in [-0.1, -0.05) is 24.3 Å². The molecule has 1 fully saturated rings. The Hall–Kier alpha value is -3.26. The van der Waals surface area contributed by atoms with Crippen LogP contribution in [0.1, 0.15) is 32.3 Å². The number of rotatable bonds is 7. The Morgan fingerprint density at radius 1 is 0.939 bits per heavy atom. The maximum atomic E-state index is 12.4. The predicted molar refractivity (Wildman–Crippen MR) is 130 cm³/mol. The van der Waals surface area contributed by atoms with E-state index >= 15 is 0 Å². The monoisotopic (exact) mass is 464 g/mol. The first-order chi connectivity index (χ1) is 15.8. The van der Waals surface area contributed by atoms with E-state index in [1.807, 2.05) is 36.4 Å². The summed E-state index contributed by atoms with van der Waals surface area (Å²) in [6, 6.07) is 17.9. The summed E-state index contributed by atoms with van der Waals surface area (Å²) in [5.74, 6) is 0.743. The molecule has 1 N–H and O–H groups in total. The average Bonchev–Trinajstić information content (AvgIpc) is 3.35. The first-order valence-corrected chi connectivity index (χ1v) is 12.7. The van der Waals surface area contributed by atoms with Crippen molar-refractivity contribution in [2.45, 2.75) is 43.3 Å². The Kier molecular flexibility index (Phi) is 6.74. The topological polar surface area (TPSA) is 92.3 Å². The number of hydrogen-bond donors (Lipinski definition) is 1. The zero-order chi connectivity index (χ0) is 23.4. The summed E-state index contributed by atoms with van der Waals surface area (Å²) < 4.78 is 24.4. The zero-order valence-corrected chi connectivity index (χ0v) is 19.7. The number of hydrogen-bond acceptors (Lipinski definition) is 6. The summed E-state index contributed by atoms with van der Waals surface area (Å²) in [7, 11) is -3.32. The Morgan fingerprint density at radius 2 is 1.61 bits per heavy atom. The van der Waals surface area contributed by atoms with Gasteiger partial charge in [0.1, 0.15) is 0 Å². The van der Waals surface area contributed by atoms with E-state index in [0.29, 0.717) is 5.69 Å². The summed E-state index contributed by atoms with van der Waals surface area (Å²) in [5, 5.41) is 11.1. The first-order valence-electron chi connectivity index (χ1n) is 11.1. The number of amides is 1. The predicted octanol–water partition coefficient (Wildman–Crippen LogP) is 4.11. The SMILES string of the molecule is CC(C)S(=O)(=O)c1ccc(CC(=O)Nc2ccc(-c3ccc(N4CCCC4)nn3)cc2)cc1. The standard InChI is InChI=1S/C25H28N4O3S/c1-18(2)33(31,32)22-11-5-19(6-12-22)17-25(30)26-21-9-7-20(8-10-21)23-13-14-24(28-27-23)29-15-3-4-16-29/h5-14,18H,3-4,15-17H2,1-2H3,(H,26,30). The second kappa shape index (κ2) is 9.70. The van der Waals surface area contributed by atoms with Crippen LogP contribution in [0.5, 0.6) is 0 Å². The molecule has 0 saturated carbocycles. The van der Waals surface area contributed by atoms with Gasteiger partial charge in [-0.05, 0) is 68.7 Å². The Labute approximate surface area is 194 Å². The molecule has 172 valence electrons. The minimum Gasteiger partial charge on any atom is -0.355 e. The number of nitrogens with one attached hydrogen (secondary N) is 1. The quantitative estimate of drug-likeness (QED) is 0.566. The largest absolute Gasteiger partial charge is 0.355 e. The van der Waals surface area contributed by atoms with E-state index < -0.39 is 15.1 Å². The van der Waals surface area contributed by atoms with Crippen molar-refractivity contribution >= 4 is 27.2 Å². The van der Waals surface area contributed by atoms with Crippen molar-refractivity contribution in [3.63, 3.8) is 0 Å². The molecule has 33 heavy (non-hydrogen) atoms. The van der Waals surface area contributed by atoms with Crippen LogP contribution in [0.15, 0.2) is 65.6 Å². The van der Waals surface area contributed by atoms with Gasteiger partial charge in [-0.25, -0.2) is 8.42 Å². The van der Waals surface area contributed by atoms with Gasteiger partial charge in [0.25, 0.3) is 0 Å². The molecule has 3 aromatic rings. The molecule has 1 saturated heterocycles. The summed E-state index contributed by atoms with van der Waals surface area (Å²) in [5.41, 5.74) is 3.15. The third-order valence-corrected chi connectivity index (χ3v) is 7.95. The summed E-state index contributed by atoms with van der Waals surface area (Å²) in [4.78, 5) is 14.9. The maximum Gasteiger partial charge on any atom is 0.228 e. The molecule has 1 aliphatic heterocycles. The minimum absolute atomic E-state index is 0.160. The first kappa shape index (κ1) is 22.9. The lowest BCUT2D eigenvalue weighted by atomic mass is 10.1. The van der Waals surface area contributed by atoms with E-state index in [-0.39, 0.29) is 17.2 Å². The second-order valence-electron chi connectivity index (χ2n) is 8.51. The molecule has 2 heterocycles. The van der Waals surface area contributed by atoms with E-state index in [2.05, 4.69) is 20.4 Å².